The molecule has 3 rings (SSSR count). The zero-order chi connectivity index (χ0) is 15.4. The summed E-state index contributed by atoms with van der Waals surface area (Å²) in [6.07, 6.45) is 11.4. The largest absolute Gasteiger partial charge is 0.352 e. The fraction of sp³-hybridized carbons (Fsp3) is 0.895. The number of halogens is 1. The molecular weight excluding hydrogens is 279 g/mol. The number of allylic oxidation sites excluding steroid dienone is 1. The van der Waals surface area contributed by atoms with Crippen molar-refractivity contribution in [3.05, 3.63) is 12.7 Å². The quantitative estimate of drug-likeness (QED) is 0.698. The summed E-state index contributed by atoms with van der Waals surface area (Å²) in [5, 5.41) is 0. The molecule has 3 aliphatic rings. The Morgan fingerprint density at radius 2 is 1.41 bits per heavy atom. The summed E-state index contributed by atoms with van der Waals surface area (Å²) >= 11 is 0. The number of alkyl halides is 1. The van der Waals surface area contributed by atoms with Crippen LogP contribution < -0.4 is 0 Å². The van der Waals surface area contributed by atoms with Crippen molar-refractivity contribution >= 4 is 0 Å². The average molecular weight is 310 g/mol. The molecular formula is C19H31FO2. The van der Waals surface area contributed by atoms with E-state index in [0.29, 0.717) is 11.8 Å². The summed E-state index contributed by atoms with van der Waals surface area (Å²) in [5.41, 5.74) is 0. The third-order valence-electron chi connectivity index (χ3n) is 6.26. The van der Waals surface area contributed by atoms with Gasteiger partial charge in [0.25, 0.3) is 0 Å². The highest BCUT2D eigenvalue weighted by Crippen LogP contribution is 2.38. The van der Waals surface area contributed by atoms with Crippen molar-refractivity contribution in [2.45, 2.75) is 57.7 Å². The van der Waals surface area contributed by atoms with E-state index >= 15 is 0 Å². The van der Waals surface area contributed by atoms with Gasteiger partial charge in [0.05, 0.1) is 19.9 Å². The van der Waals surface area contributed by atoms with Crippen LogP contribution in [0, 0.1) is 29.6 Å². The minimum Gasteiger partial charge on any atom is -0.352 e. The van der Waals surface area contributed by atoms with Gasteiger partial charge in [0.15, 0.2) is 6.29 Å². The standard InChI is InChI=1S/C19H31FO2/c1-2-14-3-7-16(8-4-14)18-12-21-19(22-13-18)17-9-5-15(11-20)6-10-17/h2,14-19H,1,3-13H2. The molecule has 1 saturated heterocycles. The molecule has 0 N–H and O–H groups in total. The first-order valence-corrected chi connectivity index (χ1v) is 9.21. The first kappa shape index (κ1) is 16.4. The van der Waals surface area contributed by atoms with Crippen LogP contribution in [0.3, 0.4) is 0 Å². The molecule has 3 heteroatoms. The minimum absolute atomic E-state index is 0.0266. The van der Waals surface area contributed by atoms with Crippen LogP contribution in [0.4, 0.5) is 4.39 Å². The predicted octanol–water partition coefficient (Wildman–Crippen LogP) is 4.74. The Labute approximate surface area is 134 Å². The molecule has 0 atom stereocenters. The zero-order valence-corrected chi connectivity index (χ0v) is 13.7. The number of hydrogen-bond donors (Lipinski definition) is 0. The Bertz CT molecular complexity index is 335. The lowest BCUT2D eigenvalue weighted by atomic mass is 9.76. The van der Waals surface area contributed by atoms with Gasteiger partial charge >= 0.3 is 0 Å². The van der Waals surface area contributed by atoms with Gasteiger partial charge in [-0.3, -0.25) is 4.39 Å². The third kappa shape index (κ3) is 3.91. The fourth-order valence-corrected chi connectivity index (χ4v) is 4.54. The summed E-state index contributed by atoms with van der Waals surface area (Å²) in [7, 11) is 0. The number of ether oxygens (including phenoxy) is 2. The van der Waals surface area contributed by atoms with Crippen molar-refractivity contribution < 1.29 is 13.9 Å². The Morgan fingerprint density at radius 1 is 0.818 bits per heavy atom. The van der Waals surface area contributed by atoms with Gasteiger partial charge in [-0.05, 0) is 69.1 Å². The lowest BCUT2D eigenvalue weighted by molar-refractivity contribution is -0.237. The second-order valence-electron chi connectivity index (χ2n) is 7.64. The molecule has 0 unspecified atom stereocenters. The molecule has 2 aliphatic carbocycles. The van der Waals surface area contributed by atoms with E-state index in [2.05, 4.69) is 12.7 Å². The highest BCUT2D eigenvalue weighted by molar-refractivity contribution is 4.87. The fourth-order valence-electron chi connectivity index (χ4n) is 4.54. The van der Waals surface area contributed by atoms with Gasteiger partial charge < -0.3 is 9.47 Å². The normalized spacial score (nSPS) is 43.7. The molecule has 0 bridgehead atoms. The SMILES string of the molecule is C=CC1CCC(C2COC(C3CCC(CF)CC3)OC2)CC1. The summed E-state index contributed by atoms with van der Waals surface area (Å²) in [5.74, 6) is 2.83. The first-order chi connectivity index (χ1) is 10.8. The maximum absolute atomic E-state index is 12.7. The molecule has 126 valence electrons. The molecule has 2 nitrogen and oxygen atoms in total. The van der Waals surface area contributed by atoms with Crippen LogP contribution in [0.2, 0.25) is 0 Å². The number of rotatable bonds is 4. The van der Waals surface area contributed by atoms with Crippen molar-refractivity contribution in [3.63, 3.8) is 0 Å². The van der Waals surface area contributed by atoms with Gasteiger partial charge in [0, 0.05) is 11.8 Å². The summed E-state index contributed by atoms with van der Waals surface area (Å²) in [6, 6.07) is 0. The molecule has 0 amide bonds. The van der Waals surface area contributed by atoms with Gasteiger partial charge in [-0.1, -0.05) is 6.08 Å². The van der Waals surface area contributed by atoms with E-state index in [1.54, 1.807) is 0 Å². The maximum atomic E-state index is 12.7. The first-order valence-electron chi connectivity index (χ1n) is 9.21. The van der Waals surface area contributed by atoms with Gasteiger partial charge in [-0.25, -0.2) is 0 Å². The molecule has 0 aromatic heterocycles. The van der Waals surface area contributed by atoms with Crippen molar-refractivity contribution in [2.24, 2.45) is 29.6 Å². The van der Waals surface area contributed by atoms with Crippen LogP contribution in [0.15, 0.2) is 12.7 Å². The van der Waals surface area contributed by atoms with Crippen molar-refractivity contribution in [1.29, 1.82) is 0 Å². The van der Waals surface area contributed by atoms with E-state index in [9.17, 15) is 4.39 Å². The Kier molecular flexibility index (Phi) is 5.92. The number of hydrogen-bond acceptors (Lipinski definition) is 2. The summed E-state index contributed by atoms with van der Waals surface area (Å²) < 4.78 is 24.8. The van der Waals surface area contributed by atoms with Crippen LogP contribution in [0.1, 0.15) is 51.4 Å². The van der Waals surface area contributed by atoms with Crippen molar-refractivity contribution in [2.75, 3.05) is 19.9 Å². The smallest absolute Gasteiger partial charge is 0.160 e. The van der Waals surface area contributed by atoms with E-state index in [1.807, 2.05) is 0 Å². The van der Waals surface area contributed by atoms with E-state index < -0.39 is 0 Å². The summed E-state index contributed by atoms with van der Waals surface area (Å²) in [6.45, 7) is 5.48. The Morgan fingerprint density at radius 3 is 1.95 bits per heavy atom. The Hall–Kier alpha value is -0.410. The van der Waals surface area contributed by atoms with E-state index in [1.165, 1.54) is 25.7 Å². The van der Waals surface area contributed by atoms with Gasteiger partial charge in [-0.15, -0.1) is 6.58 Å². The van der Waals surface area contributed by atoms with Crippen LogP contribution in [0.5, 0.6) is 0 Å². The van der Waals surface area contributed by atoms with E-state index in [0.717, 1.165) is 50.7 Å². The van der Waals surface area contributed by atoms with Crippen molar-refractivity contribution in [1.82, 2.24) is 0 Å². The second kappa shape index (κ2) is 7.92. The predicted molar refractivity (Wildman–Crippen MR) is 86.3 cm³/mol. The van der Waals surface area contributed by atoms with Crippen LogP contribution >= 0.6 is 0 Å². The average Bonchev–Trinajstić information content (AvgIpc) is 2.62. The van der Waals surface area contributed by atoms with Gasteiger partial charge in [0.2, 0.25) is 0 Å². The third-order valence-corrected chi connectivity index (χ3v) is 6.26. The maximum Gasteiger partial charge on any atom is 0.160 e. The van der Waals surface area contributed by atoms with Gasteiger partial charge in [0.1, 0.15) is 0 Å². The van der Waals surface area contributed by atoms with E-state index in [-0.39, 0.29) is 18.9 Å². The molecule has 22 heavy (non-hydrogen) atoms. The monoisotopic (exact) mass is 310 g/mol. The van der Waals surface area contributed by atoms with E-state index in [4.69, 9.17) is 9.47 Å². The van der Waals surface area contributed by atoms with Gasteiger partial charge in [-0.2, -0.15) is 0 Å². The van der Waals surface area contributed by atoms with Crippen molar-refractivity contribution in [3.8, 4) is 0 Å². The Balaban J connectivity index is 1.40. The molecule has 0 radical (unpaired) electrons. The zero-order valence-electron chi connectivity index (χ0n) is 13.7. The molecule has 0 aromatic carbocycles. The lowest BCUT2D eigenvalue weighted by Crippen LogP contribution is -2.41. The minimum atomic E-state index is -0.158. The molecule has 0 spiro atoms. The molecule has 3 fully saturated rings. The molecule has 1 heterocycles. The molecule has 2 saturated carbocycles. The van der Waals surface area contributed by atoms with Crippen LogP contribution in [-0.4, -0.2) is 26.2 Å². The molecule has 0 aromatic rings. The summed E-state index contributed by atoms with van der Waals surface area (Å²) in [4.78, 5) is 0. The topological polar surface area (TPSA) is 18.5 Å². The lowest BCUT2D eigenvalue weighted by Gasteiger charge is -2.40. The van der Waals surface area contributed by atoms with Crippen LogP contribution in [0.25, 0.3) is 0 Å². The van der Waals surface area contributed by atoms with Crippen LogP contribution in [-0.2, 0) is 9.47 Å². The molecule has 1 aliphatic heterocycles. The second-order valence-corrected chi connectivity index (χ2v) is 7.64. The highest BCUT2D eigenvalue weighted by Gasteiger charge is 2.35. The highest BCUT2D eigenvalue weighted by atomic mass is 19.1.